The molecule has 4 heteroatoms. The van der Waals surface area contributed by atoms with Crippen molar-refractivity contribution >= 4 is 10.9 Å². The number of aliphatic hydroxyl groups is 1. The number of benzene rings is 1. The Morgan fingerprint density at radius 3 is 2.79 bits per heavy atom. The average Bonchev–Trinajstić information content (AvgIpc) is 2.79. The molecule has 0 spiro atoms. The maximum atomic E-state index is 9.58. The summed E-state index contributed by atoms with van der Waals surface area (Å²) >= 11 is 0. The summed E-state index contributed by atoms with van der Waals surface area (Å²) in [5.41, 5.74) is 0.883. The van der Waals surface area contributed by atoms with E-state index in [-0.39, 0.29) is 12.1 Å². The molecule has 0 amide bonds. The summed E-state index contributed by atoms with van der Waals surface area (Å²) in [4.78, 5) is 0. The number of aryl methyl sites for hydroxylation is 1. The van der Waals surface area contributed by atoms with E-state index in [1.165, 1.54) is 0 Å². The van der Waals surface area contributed by atoms with Gasteiger partial charge in [-0.3, -0.25) is 4.68 Å². The van der Waals surface area contributed by atoms with Gasteiger partial charge >= 0.3 is 0 Å². The predicted molar refractivity (Wildman–Crippen MR) is 78.1 cm³/mol. The zero-order valence-corrected chi connectivity index (χ0v) is 11.9. The fourth-order valence-electron chi connectivity index (χ4n) is 2.45. The van der Waals surface area contributed by atoms with Gasteiger partial charge in [0.25, 0.3) is 0 Å². The lowest BCUT2D eigenvalue weighted by Gasteiger charge is -2.31. The van der Waals surface area contributed by atoms with E-state index in [9.17, 15) is 5.11 Å². The van der Waals surface area contributed by atoms with Gasteiger partial charge in [0.1, 0.15) is 0 Å². The molecule has 1 aromatic carbocycles. The van der Waals surface area contributed by atoms with Crippen molar-refractivity contribution in [1.29, 1.82) is 0 Å². The Hall–Kier alpha value is -1.39. The molecule has 4 nitrogen and oxygen atoms in total. The fourth-order valence-corrected chi connectivity index (χ4v) is 2.45. The number of aliphatic hydroxyl groups excluding tert-OH is 1. The molecule has 0 fully saturated rings. The molecule has 1 heterocycles. The molecule has 1 aromatic heterocycles. The topological polar surface area (TPSA) is 50.1 Å². The van der Waals surface area contributed by atoms with E-state index in [0.29, 0.717) is 6.04 Å². The van der Waals surface area contributed by atoms with Crippen molar-refractivity contribution in [3.8, 4) is 0 Å². The van der Waals surface area contributed by atoms with Crippen LogP contribution in [0.5, 0.6) is 0 Å². The van der Waals surface area contributed by atoms with E-state index in [2.05, 4.69) is 43.3 Å². The first kappa shape index (κ1) is 14.0. The molecule has 1 atom stereocenters. The molecule has 1 unspecified atom stereocenters. The van der Waals surface area contributed by atoms with Gasteiger partial charge in [0.2, 0.25) is 0 Å². The lowest BCUT2D eigenvalue weighted by atomic mass is 9.98. The van der Waals surface area contributed by atoms with Crippen LogP contribution in [-0.2, 0) is 6.54 Å². The van der Waals surface area contributed by atoms with Crippen molar-refractivity contribution in [1.82, 2.24) is 15.1 Å². The second kappa shape index (κ2) is 5.72. The number of fused-ring (bicyclic) bond motifs is 1. The molecule has 0 saturated carbocycles. The van der Waals surface area contributed by atoms with Crippen LogP contribution in [0.2, 0.25) is 0 Å². The number of para-hydroxylation sites is 1. The van der Waals surface area contributed by atoms with E-state index < -0.39 is 0 Å². The van der Waals surface area contributed by atoms with Crippen molar-refractivity contribution in [3.63, 3.8) is 0 Å². The quantitative estimate of drug-likeness (QED) is 0.838. The third-order valence-electron chi connectivity index (χ3n) is 3.41. The van der Waals surface area contributed by atoms with Gasteiger partial charge in [-0.05, 0) is 19.4 Å². The molecule has 0 aliphatic rings. The van der Waals surface area contributed by atoms with E-state index in [4.69, 9.17) is 0 Å². The van der Waals surface area contributed by atoms with Crippen LogP contribution < -0.4 is 5.32 Å². The van der Waals surface area contributed by atoms with Gasteiger partial charge in [-0.2, -0.15) is 5.10 Å². The van der Waals surface area contributed by atoms with Gasteiger partial charge in [-0.15, -0.1) is 0 Å². The lowest BCUT2D eigenvalue weighted by Crippen LogP contribution is -2.49. The second-order valence-corrected chi connectivity index (χ2v) is 5.69. The second-order valence-electron chi connectivity index (χ2n) is 5.69. The van der Waals surface area contributed by atoms with E-state index >= 15 is 0 Å². The predicted octanol–water partition coefficient (Wildman–Crippen LogP) is 2.18. The number of nitrogens with zero attached hydrogens (tertiary/aromatic N) is 2. The first-order valence-corrected chi connectivity index (χ1v) is 6.83. The molecule has 0 aliphatic heterocycles. The number of hydrogen-bond donors (Lipinski definition) is 2. The highest BCUT2D eigenvalue weighted by Gasteiger charge is 2.23. The van der Waals surface area contributed by atoms with Crippen molar-refractivity contribution in [3.05, 3.63) is 30.5 Å². The van der Waals surface area contributed by atoms with Crippen LogP contribution in [0.4, 0.5) is 0 Å². The van der Waals surface area contributed by atoms with Gasteiger partial charge in [0, 0.05) is 23.5 Å². The van der Waals surface area contributed by atoms with Crippen LogP contribution in [0.25, 0.3) is 10.9 Å². The minimum Gasteiger partial charge on any atom is -0.394 e. The van der Waals surface area contributed by atoms with Crippen LogP contribution >= 0.6 is 0 Å². The maximum Gasteiger partial charge on any atom is 0.0682 e. The summed E-state index contributed by atoms with van der Waals surface area (Å²) in [6.07, 6.45) is 2.73. The molecule has 2 rings (SSSR count). The number of rotatable bonds is 6. The highest BCUT2D eigenvalue weighted by atomic mass is 16.3. The summed E-state index contributed by atoms with van der Waals surface area (Å²) in [5, 5.41) is 18.6. The Labute approximate surface area is 114 Å². The Balaban J connectivity index is 2.09. The molecule has 0 radical (unpaired) electrons. The third kappa shape index (κ3) is 3.33. The van der Waals surface area contributed by atoms with Gasteiger partial charge in [-0.25, -0.2) is 0 Å². The van der Waals surface area contributed by atoms with Gasteiger partial charge in [-0.1, -0.05) is 32.0 Å². The maximum absolute atomic E-state index is 9.58. The van der Waals surface area contributed by atoms with Crippen molar-refractivity contribution in [2.45, 2.75) is 45.3 Å². The fraction of sp³-hybridized carbons (Fsp3) is 0.533. The molecular weight excluding hydrogens is 238 g/mol. The monoisotopic (exact) mass is 261 g/mol. The summed E-state index contributed by atoms with van der Waals surface area (Å²) in [5.74, 6) is 0. The first-order valence-electron chi connectivity index (χ1n) is 6.83. The molecule has 0 aliphatic carbocycles. The first-order chi connectivity index (χ1) is 9.04. The molecule has 2 aromatic rings. The molecule has 104 valence electrons. The molecule has 2 N–H and O–H groups in total. The Bertz CT molecular complexity index is 535. The van der Waals surface area contributed by atoms with E-state index in [0.717, 1.165) is 23.9 Å². The zero-order chi connectivity index (χ0) is 13.9. The van der Waals surface area contributed by atoms with Crippen LogP contribution in [0.3, 0.4) is 0 Å². The SMILES string of the molecule is CC(C)NC(C)(CO)CCn1ncc2ccccc21. The molecule has 0 bridgehead atoms. The van der Waals surface area contributed by atoms with Crippen molar-refractivity contribution < 1.29 is 5.11 Å². The largest absolute Gasteiger partial charge is 0.394 e. The van der Waals surface area contributed by atoms with Gasteiger partial charge in [0.15, 0.2) is 0 Å². The Morgan fingerprint density at radius 1 is 1.37 bits per heavy atom. The average molecular weight is 261 g/mol. The third-order valence-corrected chi connectivity index (χ3v) is 3.41. The molecule has 19 heavy (non-hydrogen) atoms. The normalized spacial score (nSPS) is 15.0. The van der Waals surface area contributed by atoms with Crippen LogP contribution in [0.1, 0.15) is 27.2 Å². The highest BCUT2D eigenvalue weighted by Crippen LogP contribution is 2.16. The lowest BCUT2D eigenvalue weighted by molar-refractivity contribution is 0.151. The summed E-state index contributed by atoms with van der Waals surface area (Å²) in [6, 6.07) is 8.54. The zero-order valence-electron chi connectivity index (χ0n) is 11.9. The molecule has 0 saturated heterocycles. The Morgan fingerprint density at radius 2 is 2.11 bits per heavy atom. The summed E-state index contributed by atoms with van der Waals surface area (Å²) in [7, 11) is 0. The smallest absolute Gasteiger partial charge is 0.0682 e. The summed E-state index contributed by atoms with van der Waals surface area (Å²) in [6.45, 7) is 7.17. The van der Waals surface area contributed by atoms with Crippen LogP contribution in [0.15, 0.2) is 30.5 Å². The standard InChI is InChI=1S/C15H23N3O/c1-12(2)17-15(3,11-19)8-9-18-14-7-5-4-6-13(14)10-16-18/h4-7,10,12,17,19H,8-9,11H2,1-3H3. The van der Waals surface area contributed by atoms with Gasteiger partial charge < -0.3 is 10.4 Å². The van der Waals surface area contributed by atoms with Crippen molar-refractivity contribution in [2.24, 2.45) is 0 Å². The van der Waals surface area contributed by atoms with Crippen LogP contribution in [0, 0.1) is 0 Å². The molecular formula is C15H23N3O. The minimum atomic E-state index is -0.263. The van der Waals surface area contributed by atoms with Crippen molar-refractivity contribution in [2.75, 3.05) is 6.61 Å². The highest BCUT2D eigenvalue weighted by molar-refractivity contribution is 5.78. The van der Waals surface area contributed by atoms with Gasteiger partial charge in [0.05, 0.1) is 18.3 Å². The number of nitrogens with one attached hydrogen (secondary N) is 1. The van der Waals surface area contributed by atoms with Crippen LogP contribution in [-0.4, -0.2) is 33.1 Å². The van der Waals surface area contributed by atoms with E-state index in [1.54, 1.807) is 0 Å². The Kier molecular flexibility index (Phi) is 4.22. The van der Waals surface area contributed by atoms with E-state index in [1.807, 2.05) is 23.0 Å². The number of hydrogen-bond acceptors (Lipinski definition) is 3. The summed E-state index contributed by atoms with van der Waals surface area (Å²) < 4.78 is 2.01. The minimum absolute atomic E-state index is 0.129. The number of aromatic nitrogens is 2.